The van der Waals surface area contributed by atoms with E-state index in [-0.39, 0.29) is 17.4 Å². The van der Waals surface area contributed by atoms with Crippen LogP contribution < -0.4 is 10.2 Å². The van der Waals surface area contributed by atoms with E-state index in [0.29, 0.717) is 17.7 Å². The van der Waals surface area contributed by atoms with Crippen LogP contribution in [0.2, 0.25) is 0 Å². The highest BCUT2D eigenvalue weighted by atomic mass is 16.4. The number of amides is 2. The van der Waals surface area contributed by atoms with E-state index in [0.717, 1.165) is 24.1 Å². The molecule has 6 heteroatoms. The number of carboxylic acid groups (broad SMARTS) is 1. The smallest absolute Gasteiger partial charge is 0.335 e. The second-order valence-corrected chi connectivity index (χ2v) is 5.99. The first kappa shape index (κ1) is 16.7. The van der Waals surface area contributed by atoms with Gasteiger partial charge in [0.25, 0.3) is 5.91 Å². The summed E-state index contributed by atoms with van der Waals surface area (Å²) in [5, 5.41) is 11.7. The van der Waals surface area contributed by atoms with Crippen molar-refractivity contribution in [3.05, 3.63) is 59.2 Å². The monoisotopic (exact) mass is 338 g/mol. The quantitative estimate of drug-likeness (QED) is 0.901. The molecule has 0 aliphatic carbocycles. The molecule has 1 aliphatic rings. The minimum Gasteiger partial charge on any atom is -0.478 e. The third-order valence-corrected chi connectivity index (χ3v) is 4.30. The Morgan fingerprint density at radius 3 is 2.40 bits per heavy atom. The lowest BCUT2D eigenvalue weighted by atomic mass is 10.0. The van der Waals surface area contributed by atoms with Gasteiger partial charge in [-0.1, -0.05) is 0 Å². The molecule has 0 unspecified atom stereocenters. The van der Waals surface area contributed by atoms with Gasteiger partial charge in [-0.3, -0.25) is 9.59 Å². The first-order valence-corrected chi connectivity index (χ1v) is 8.00. The van der Waals surface area contributed by atoms with E-state index in [4.69, 9.17) is 5.11 Å². The van der Waals surface area contributed by atoms with Gasteiger partial charge >= 0.3 is 5.97 Å². The predicted molar refractivity (Wildman–Crippen MR) is 94.1 cm³/mol. The fourth-order valence-electron chi connectivity index (χ4n) is 2.89. The molecule has 0 radical (unpaired) electrons. The van der Waals surface area contributed by atoms with Crippen molar-refractivity contribution in [1.29, 1.82) is 0 Å². The molecule has 0 spiro atoms. The number of nitrogens with one attached hydrogen (secondary N) is 1. The second-order valence-electron chi connectivity index (χ2n) is 5.99. The molecular weight excluding hydrogens is 320 g/mol. The van der Waals surface area contributed by atoms with Crippen LogP contribution >= 0.6 is 0 Å². The highest BCUT2D eigenvalue weighted by Crippen LogP contribution is 2.27. The summed E-state index contributed by atoms with van der Waals surface area (Å²) >= 11 is 0. The van der Waals surface area contributed by atoms with Gasteiger partial charge in [0, 0.05) is 30.4 Å². The largest absolute Gasteiger partial charge is 0.478 e. The molecule has 6 nitrogen and oxygen atoms in total. The van der Waals surface area contributed by atoms with Crippen LogP contribution in [0.1, 0.15) is 39.1 Å². The molecule has 3 rings (SSSR count). The van der Waals surface area contributed by atoms with E-state index in [2.05, 4.69) is 5.32 Å². The molecule has 25 heavy (non-hydrogen) atoms. The summed E-state index contributed by atoms with van der Waals surface area (Å²) in [5.74, 6) is -1.21. The fraction of sp³-hybridized carbons (Fsp3) is 0.211. The second kappa shape index (κ2) is 6.76. The number of hydrogen-bond acceptors (Lipinski definition) is 3. The van der Waals surface area contributed by atoms with Crippen LogP contribution in [-0.2, 0) is 11.2 Å². The lowest BCUT2D eigenvalue weighted by Crippen LogP contribution is -2.25. The number of carbonyl (C=O) groups excluding carboxylic acids is 2. The van der Waals surface area contributed by atoms with Crippen molar-refractivity contribution in [2.24, 2.45) is 0 Å². The zero-order chi connectivity index (χ0) is 18.0. The van der Waals surface area contributed by atoms with Crippen LogP contribution in [0.4, 0.5) is 11.4 Å². The van der Waals surface area contributed by atoms with E-state index in [1.807, 2.05) is 6.07 Å². The average molecular weight is 338 g/mol. The Balaban J connectivity index is 1.80. The van der Waals surface area contributed by atoms with Crippen molar-refractivity contribution in [3.8, 4) is 0 Å². The summed E-state index contributed by atoms with van der Waals surface area (Å²) in [4.78, 5) is 36.8. The summed E-state index contributed by atoms with van der Waals surface area (Å²) in [6, 6.07) is 11.3. The molecule has 0 bridgehead atoms. The Hall–Kier alpha value is -3.15. The van der Waals surface area contributed by atoms with Gasteiger partial charge in [-0.15, -0.1) is 0 Å². The molecule has 2 aromatic carbocycles. The molecule has 0 atom stereocenters. The first-order valence-electron chi connectivity index (χ1n) is 8.00. The lowest BCUT2D eigenvalue weighted by Gasteiger charge is -2.18. The van der Waals surface area contributed by atoms with Gasteiger partial charge in [0.1, 0.15) is 0 Å². The first-order chi connectivity index (χ1) is 12.0. The number of fused-ring (bicyclic) bond motifs is 1. The van der Waals surface area contributed by atoms with E-state index >= 15 is 0 Å². The van der Waals surface area contributed by atoms with Crippen LogP contribution in [0.15, 0.2) is 42.5 Å². The molecule has 1 aliphatic heterocycles. The maximum Gasteiger partial charge on any atom is 0.335 e. The average Bonchev–Trinajstić information content (AvgIpc) is 2.74. The Morgan fingerprint density at radius 2 is 1.72 bits per heavy atom. The maximum absolute atomic E-state index is 12.4. The third kappa shape index (κ3) is 3.52. The fourth-order valence-corrected chi connectivity index (χ4v) is 2.89. The van der Waals surface area contributed by atoms with E-state index in [9.17, 15) is 14.4 Å². The van der Waals surface area contributed by atoms with E-state index in [1.165, 1.54) is 12.1 Å². The van der Waals surface area contributed by atoms with Crippen molar-refractivity contribution >= 4 is 29.2 Å². The molecular formula is C19H18N2O4. The van der Waals surface area contributed by atoms with Crippen LogP contribution in [-0.4, -0.2) is 29.9 Å². The number of nitrogens with zero attached hydrogens (tertiary/aromatic N) is 1. The van der Waals surface area contributed by atoms with Crippen molar-refractivity contribution in [2.45, 2.75) is 19.3 Å². The van der Waals surface area contributed by atoms with Crippen LogP contribution in [0.3, 0.4) is 0 Å². The van der Waals surface area contributed by atoms with Gasteiger partial charge in [-0.25, -0.2) is 4.79 Å². The molecule has 2 N–H and O–H groups in total. The highest BCUT2D eigenvalue weighted by Gasteiger charge is 2.20. The number of aryl methyl sites for hydroxylation is 1. The number of hydrogen-bond donors (Lipinski definition) is 2. The third-order valence-electron chi connectivity index (χ3n) is 4.30. The molecule has 0 saturated carbocycles. The molecule has 2 amide bonds. The summed E-state index contributed by atoms with van der Waals surface area (Å²) in [6.45, 7) is 0. The summed E-state index contributed by atoms with van der Waals surface area (Å²) < 4.78 is 0. The number of carboxylic acids is 1. The molecule has 128 valence electrons. The minimum atomic E-state index is -1.01. The number of benzene rings is 2. The van der Waals surface area contributed by atoms with Gasteiger partial charge in [0.05, 0.1) is 5.56 Å². The van der Waals surface area contributed by atoms with Gasteiger partial charge in [-0.2, -0.15) is 0 Å². The SMILES string of the molecule is CN1C(=O)CCCc2cc(C(=O)Nc3ccc(C(=O)O)cc3)ccc21. The highest BCUT2D eigenvalue weighted by molar-refractivity contribution is 6.05. The predicted octanol–water partition coefficient (Wildman–Crippen LogP) is 2.94. The van der Waals surface area contributed by atoms with Gasteiger partial charge in [0.15, 0.2) is 0 Å². The molecule has 1 heterocycles. The topological polar surface area (TPSA) is 86.7 Å². The lowest BCUT2D eigenvalue weighted by molar-refractivity contribution is -0.118. The number of carbonyl (C=O) groups is 3. The number of rotatable bonds is 3. The van der Waals surface area contributed by atoms with Crippen LogP contribution in [0, 0.1) is 0 Å². The Bertz CT molecular complexity index is 843. The zero-order valence-electron chi connectivity index (χ0n) is 13.8. The Morgan fingerprint density at radius 1 is 1.04 bits per heavy atom. The number of aromatic carboxylic acids is 1. The Kier molecular flexibility index (Phi) is 4.52. The van der Waals surface area contributed by atoms with Crippen LogP contribution in [0.25, 0.3) is 0 Å². The van der Waals surface area contributed by atoms with Crippen molar-refractivity contribution in [1.82, 2.24) is 0 Å². The van der Waals surface area contributed by atoms with E-state index < -0.39 is 5.97 Å². The van der Waals surface area contributed by atoms with Gasteiger partial charge < -0.3 is 15.3 Å². The van der Waals surface area contributed by atoms with Crippen molar-refractivity contribution in [2.75, 3.05) is 17.3 Å². The molecule has 0 saturated heterocycles. The van der Waals surface area contributed by atoms with Crippen molar-refractivity contribution in [3.63, 3.8) is 0 Å². The Labute approximate surface area is 145 Å². The van der Waals surface area contributed by atoms with Crippen molar-refractivity contribution < 1.29 is 19.5 Å². The molecule has 2 aromatic rings. The standard InChI is InChI=1S/C19H18N2O4/c1-21-16-10-7-14(11-13(16)3-2-4-17(21)22)18(23)20-15-8-5-12(6-9-15)19(24)25/h5-11H,2-4H2,1H3,(H,20,23)(H,24,25). The maximum atomic E-state index is 12.4. The summed E-state index contributed by atoms with van der Waals surface area (Å²) in [5.41, 5.74) is 3.00. The van der Waals surface area contributed by atoms with E-state index in [1.54, 1.807) is 36.2 Å². The zero-order valence-corrected chi connectivity index (χ0v) is 13.8. The minimum absolute atomic E-state index is 0.0782. The van der Waals surface area contributed by atoms with Gasteiger partial charge in [-0.05, 0) is 60.9 Å². The molecule has 0 fully saturated rings. The van der Waals surface area contributed by atoms with Gasteiger partial charge in [0.2, 0.25) is 5.91 Å². The number of anilines is 2. The summed E-state index contributed by atoms with van der Waals surface area (Å²) in [7, 11) is 1.75. The molecule has 0 aromatic heterocycles. The normalized spacial score (nSPS) is 13.8. The summed E-state index contributed by atoms with van der Waals surface area (Å²) in [6.07, 6.45) is 2.01. The van der Waals surface area contributed by atoms with Crippen LogP contribution in [0.5, 0.6) is 0 Å².